The summed E-state index contributed by atoms with van der Waals surface area (Å²) in [7, 11) is 0. The van der Waals surface area contributed by atoms with Gasteiger partial charge in [-0.1, -0.05) is 19.8 Å². The fourth-order valence-electron chi connectivity index (χ4n) is 2.53. The van der Waals surface area contributed by atoms with E-state index in [1.165, 1.54) is 43.9 Å². The number of rotatable bonds is 3. The largest absolute Gasteiger partial charge is 0.352 e. The van der Waals surface area contributed by atoms with E-state index in [1.54, 1.807) is 0 Å². The third kappa shape index (κ3) is 3.96. The van der Waals surface area contributed by atoms with Crippen molar-refractivity contribution >= 4 is 18.5 Å². The maximum Gasteiger partial charge on any atom is 0.251 e. The van der Waals surface area contributed by atoms with E-state index < -0.39 is 5.82 Å². The van der Waals surface area contributed by atoms with Gasteiger partial charge in [0.1, 0.15) is 5.82 Å². The van der Waals surface area contributed by atoms with Crippen molar-refractivity contribution in [3.05, 3.63) is 29.6 Å². The molecule has 19 heavy (non-hydrogen) atoms. The van der Waals surface area contributed by atoms with Gasteiger partial charge in [0.05, 0.1) is 0 Å². The van der Waals surface area contributed by atoms with Crippen LogP contribution in [0.5, 0.6) is 0 Å². The van der Waals surface area contributed by atoms with Crippen molar-refractivity contribution in [2.75, 3.05) is 6.54 Å². The van der Waals surface area contributed by atoms with Crippen LogP contribution in [0.3, 0.4) is 0 Å². The molecule has 0 aromatic heterocycles. The molecule has 1 amide bonds. The van der Waals surface area contributed by atoms with Gasteiger partial charge in [0.25, 0.3) is 5.91 Å². The first-order valence-electron chi connectivity index (χ1n) is 6.83. The molecule has 1 aromatic rings. The Morgan fingerprint density at radius 2 is 2.05 bits per heavy atom. The average molecular weight is 281 g/mol. The SMILES string of the molecule is CC1CCC(CNC(=O)c2ccc(F)c(S)c2)CC1. The highest BCUT2D eigenvalue weighted by molar-refractivity contribution is 7.80. The molecule has 0 saturated heterocycles. The molecule has 0 radical (unpaired) electrons. The molecule has 4 heteroatoms. The lowest BCUT2D eigenvalue weighted by molar-refractivity contribution is 0.0941. The van der Waals surface area contributed by atoms with Crippen molar-refractivity contribution in [2.24, 2.45) is 11.8 Å². The zero-order chi connectivity index (χ0) is 13.8. The number of nitrogens with one attached hydrogen (secondary N) is 1. The molecule has 1 aliphatic rings. The average Bonchev–Trinajstić information content (AvgIpc) is 2.41. The Morgan fingerprint density at radius 3 is 2.68 bits per heavy atom. The van der Waals surface area contributed by atoms with Crippen LogP contribution in [0.2, 0.25) is 0 Å². The van der Waals surface area contributed by atoms with Gasteiger partial charge >= 0.3 is 0 Å². The van der Waals surface area contributed by atoms with E-state index in [1.807, 2.05) is 0 Å². The minimum Gasteiger partial charge on any atom is -0.352 e. The molecule has 1 aliphatic carbocycles. The molecule has 1 fully saturated rings. The second kappa shape index (κ2) is 6.42. The van der Waals surface area contributed by atoms with E-state index in [0.717, 1.165) is 5.92 Å². The lowest BCUT2D eigenvalue weighted by Crippen LogP contribution is -2.31. The fourth-order valence-corrected chi connectivity index (χ4v) is 2.74. The quantitative estimate of drug-likeness (QED) is 0.813. The van der Waals surface area contributed by atoms with Gasteiger partial charge in [0.15, 0.2) is 0 Å². The predicted octanol–water partition coefficient (Wildman–Crippen LogP) is 3.67. The van der Waals surface area contributed by atoms with Crippen LogP contribution in [0.25, 0.3) is 0 Å². The third-order valence-electron chi connectivity index (χ3n) is 3.90. The number of hydrogen-bond acceptors (Lipinski definition) is 2. The van der Waals surface area contributed by atoms with Crippen molar-refractivity contribution in [1.29, 1.82) is 0 Å². The Balaban J connectivity index is 1.85. The molecular formula is C15H20FNOS. The molecule has 0 spiro atoms. The number of amides is 1. The smallest absolute Gasteiger partial charge is 0.251 e. The maximum absolute atomic E-state index is 13.1. The molecule has 0 aliphatic heterocycles. The van der Waals surface area contributed by atoms with Gasteiger partial charge in [-0.05, 0) is 42.9 Å². The Bertz CT molecular complexity index is 455. The molecule has 2 nitrogen and oxygen atoms in total. The number of thiol groups is 1. The third-order valence-corrected chi connectivity index (χ3v) is 4.24. The van der Waals surface area contributed by atoms with Crippen LogP contribution in [0.1, 0.15) is 43.0 Å². The molecule has 0 heterocycles. The summed E-state index contributed by atoms with van der Waals surface area (Å²) in [6.45, 7) is 2.99. The molecule has 104 valence electrons. The Labute approximate surface area is 119 Å². The summed E-state index contributed by atoms with van der Waals surface area (Å²) in [5, 5.41) is 2.93. The fraction of sp³-hybridized carbons (Fsp3) is 0.533. The summed E-state index contributed by atoms with van der Waals surface area (Å²) >= 11 is 3.99. The summed E-state index contributed by atoms with van der Waals surface area (Å²) in [5.41, 5.74) is 0.468. The van der Waals surface area contributed by atoms with Gasteiger partial charge in [0.2, 0.25) is 0 Å². The molecule has 2 rings (SSSR count). The van der Waals surface area contributed by atoms with Crippen LogP contribution in [0, 0.1) is 17.7 Å². The number of hydrogen-bond donors (Lipinski definition) is 2. The lowest BCUT2D eigenvalue weighted by atomic mass is 9.83. The van der Waals surface area contributed by atoms with E-state index >= 15 is 0 Å². The lowest BCUT2D eigenvalue weighted by Gasteiger charge is -2.26. The van der Waals surface area contributed by atoms with Crippen LogP contribution < -0.4 is 5.32 Å². The minimum absolute atomic E-state index is 0.145. The molecule has 0 bridgehead atoms. The molecular weight excluding hydrogens is 261 g/mol. The van der Waals surface area contributed by atoms with Gasteiger partial charge < -0.3 is 5.32 Å². The predicted molar refractivity (Wildman–Crippen MR) is 77.1 cm³/mol. The van der Waals surface area contributed by atoms with Crippen molar-refractivity contribution < 1.29 is 9.18 Å². The standard InChI is InChI=1S/C15H20FNOS/c1-10-2-4-11(5-3-10)9-17-15(18)12-6-7-13(16)14(19)8-12/h6-8,10-11,19H,2-5,9H2,1H3,(H,17,18). The summed E-state index contributed by atoms with van der Waals surface area (Å²) < 4.78 is 13.1. The molecule has 1 aromatic carbocycles. The highest BCUT2D eigenvalue weighted by atomic mass is 32.1. The maximum atomic E-state index is 13.1. The Kier molecular flexibility index (Phi) is 4.86. The van der Waals surface area contributed by atoms with Gasteiger partial charge in [-0.2, -0.15) is 0 Å². The van der Waals surface area contributed by atoms with Crippen LogP contribution in [0.15, 0.2) is 23.1 Å². The summed E-state index contributed by atoms with van der Waals surface area (Å²) in [6, 6.07) is 4.24. The van der Waals surface area contributed by atoms with Crippen molar-refractivity contribution in [1.82, 2.24) is 5.32 Å². The monoisotopic (exact) mass is 281 g/mol. The summed E-state index contributed by atoms with van der Waals surface area (Å²) in [6.07, 6.45) is 4.86. The van der Waals surface area contributed by atoms with E-state index in [9.17, 15) is 9.18 Å². The minimum atomic E-state index is -0.402. The highest BCUT2D eigenvalue weighted by Crippen LogP contribution is 2.27. The molecule has 1 N–H and O–H groups in total. The number of halogens is 1. The van der Waals surface area contributed by atoms with Crippen molar-refractivity contribution in [3.8, 4) is 0 Å². The number of carbonyl (C=O) groups excluding carboxylic acids is 1. The first-order chi connectivity index (χ1) is 9.06. The first-order valence-corrected chi connectivity index (χ1v) is 7.27. The van der Waals surface area contributed by atoms with Crippen molar-refractivity contribution in [2.45, 2.75) is 37.5 Å². The molecule has 0 atom stereocenters. The van der Waals surface area contributed by atoms with Crippen molar-refractivity contribution in [3.63, 3.8) is 0 Å². The zero-order valence-corrected chi connectivity index (χ0v) is 12.1. The number of carbonyl (C=O) groups is 1. The Hall–Kier alpha value is -1.03. The summed E-state index contributed by atoms with van der Waals surface area (Å²) in [4.78, 5) is 12.2. The van der Waals surface area contributed by atoms with Crippen LogP contribution in [-0.4, -0.2) is 12.5 Å². The van der Waals surface area contributed by atoms with Gasteiger partial charge in [-0.15, -0.1) is 12.6 Å². The van der Waals surface area contributed by atoms with Gasteiger partial charge in [0, 0.05) is 17.0 Å². The Morgan fingerprint density at radius 1 is 1.37 bits per heavy atom. The molecule has 0 unspecified atom stereocenters. The van der Waals surface area contributed by atoms with Gasteiger partial charge in [-0.3, -0.25) is 4.79 Å². The second-order valence-corrected chi connectivity index (χ2v) is 5.98. The van der Waals surface area contributed by atoms with Gasteiger partial charge in [-0.25, -0.2) is 4.39 Å². The number of benzene rings is 1. The van der Waals surface area contributed by atoms with E-state index in [-0.39, 0.29) is 10.8 Å². The van der Waals surface area contributed by atoms with Crippen LogP contribution >= 0.6 is 12.6 Å². The van der Waals surface area contributed by atoms with Crippen LogP contribution in [-0.2, 0) is 0 Å². The highest BCUT2D eigenvalue weighted by Gasteiger charge is 2.19. The zero-order valence-electron chi connectivity index (χ0n) is 11.2. The van der Waals surface area contributed by atoms with E-state index in [4.69, 9.17) is 0 Å². The first kappa shape index (κ1) is 14.4. The van der Waals surface area contributed by atoms with E-state index in [2.05, 4.69) is 24.9 Å². The normalized spacial score (nSPS) is 23.1. The van der Waals surface area contributed by atoms with E-state index in [0.29, 0.717) is 18.0 Å². The second-order valence-electron chi connectivity index (χ2n) is 5.50. The molecule has 1 saturated carbocycles. The topological polar surface area (TPSA) is 29.1 Å². The summed E-state index contributed by atoms with van der Waals surface area (Å²) in [5.74, 6) is 0.849. The van der Waals surface area contributed by atoms with Crippen LogP contribution in [0.4, 0.5) is 4.39 Å².